The van der Waals surface area contributed by atoms with Gasteiger partial charge in [0.15, 0.2) is 5.82 Å². The molecule has 0 saturated heterocycles. The molecule has 2 aliphatic rings. The van der Waals surface area contributed by atoms with Gasteiger partial charge in [0.25, 0.3) is 6.04 Å². The second-order valence-corrected chi connectivity index (χ2v) is 6.41. The highest BCUT2D eigenvalue weighted by atomic mass is 79.9. The van der Waals surface area contributed by atoms with E-state index in [1.165, 1.54) is 0 Å². The molecule has 104 valence electrons. The van der Waals surface area contributed by atoms with Crippen molar-refractivity contribution >= 4 is 27.5 Å². The molecule has 1 aliphatic heterocycles. The van der Waals surface area contributed by atoms with Crippen LogP contribution in [0, 0.1) is 12.5 Å². The maximum Gasteiger partial charge on any atom is 0.272 e. The van der Waals surface area contributed by atoms with E-state index >= 15 is 0 Å². The van der Waals surface area contributed by atoms with Crippen LogP contribution in [0.15, 0.2) is 39.9 Å². The quantitative estimate of drug-likeness (QED) is 0.822. The molecule has 2 aromatic rings. The van der Waals surface area contributed by atoms with E-state index in [-0.39, 0.29) is 12.0 Å². The Bertz CT molecular complexity index is 767. The Labute approximate surface area is 131 Å². The first-order valence-electron chi connectivity index (χ1n) is 7.02. The lowest BCUT2D eigenvalue weighted by Crippen LogP contribution is -2.30. The van der Waals surface area contributed by atoms with Gasteiger partial charge in [0.2, 0.25) is 0 Å². The fourth-order valence-electron chi connectivity index (χ4n) is 3.06. The SMILES string of the molecule is [C-]#[N+]C1C(C2CC2)=Nc2[nH]ncc2C1c1ccccc1Br. The van der Waals surface area contributed by atoms with Crippen molar-refractivity contribution in [2.24, 2.45) is 10.9 Å². The van der Waals surface area contributed by atoms with Crippen LogP contribution < -0.4 is 0 Å². The van der Waals surface area contributed by atoms with Gasteiger partial charge in [0, 0.05) is 16.0 Å². The van der Waals surface area contributed by atoms with Crippen molar-refractivity contribution in [3.63, 3.8) is 0 Å². The molecule has 0 radical (unpaired) electrons. The minimum atomic E-state index is -0.221. The molecule has 1 fully saturated rings. The number of halogens is 1. The number of nitrogens with one attached hydrogen (secondary N) is 1. The van der Waals surface area contributed by atoms with Gasteiger partial charge >= 0.3 is 0 Å². The molecule has 1 N–H and O–H groups in total. The van der Waals surface area contributed by atoms with Crippen molar-refractivity contribution in [2.45, 2.75) is 24.8 Å². The minimum absolute atomic E-state index is 0.0000694. The number of aliphatic imine (C=N–C) groups is 1. The molecule has 4 nitrogen and oxygen atoms in total. The standard InChI is InChI=1S/C16H13BrN4/c1-18-15-13(10-4-2-3-5-12(10)17)11-8-19-21-16(11)20-14(15)9-6-7-9/h2-5,8-9,13,15H,6-7H2,(H,19,21). The number of hydrogen-bond acceptors (Lipinski definition) is 2. The number of nitrogens with zero attached hydrogens (tertiary/aromatic N) is 3. The van der Waals surface area contributed by atoms with E-state index in [2.05, 4.69) is 37.0 Å². The van der Waals surface area contributed by atoms with Crippen molar-refractivity contribution in [2.75, 3.05) is 0 Å². The summed E-state index contributed by atoms with van der Waals surface area (Å²) in [4.78, 5) is 8.62. The summed E-state index contributed by atoms with van der Waals surface area (Å²) in [5.74, 6) is 1.29. The number of rotatable bonds is 2. The van der Waals surface area contributed by atoms with Crippen LogP contribution >= 0.6 is 15.9 Å². The van der Waals surface area contributed by atoms with Crippen molar-refractivity contribution < 1.29 is 0 Å². The number of benzene rings is 1. The highest BCUT2D eigenvalue weighted by Crippen LogP contribution is 2.46. The highest BCUT2D eigenvalue weighted by molar-refractivity contribution is 9.10. The zero-order chi connectivity index (χ0) is 14.4. The Morgan fingerprint density at radius 2 is 2.05 bits per heavy atom. The van der Waals surface area contributed by atoms with Gasteiger partial charge in [-0.25, -0.2) is 11.6 Å². The largest absolute Gasteiger partial charge is 0.306 e. The Morgan fingerprint density at radius 3 is 2.76 bits per heavy atom. The molecule has 1 saturated carbocycles. The monoisotopic (exact) mass is 340 g/mol. The summed E-state index contributed by atoms with van der Waals surface area (Å²) < 4.78 is 1.04. The Morgan fingerprint density at radius 1 is 1.24 bits per heavy atom. The van der Waals surface area contributed by atoms with Crippen LogP contribution in [0.25, 0.3) is 4.85 Å². The zero-order valence-corrected chi connectivity index (χ0v) is 12.8. The minimum Gasteiger partial charge on any atom is -0.306 e. The first-order chi connectivity index (χ1) is 10.3. The number of fused-ring (bicyclic) bond motifs is 1. The van der Waals surface area contributed by atoms with E-state index < -0.39 is 0 Å². The van der Waals surface area contributed by atoms with E-state index in [9.17, 15) is 0 Å². The Hall–Kier alpha value is -1.93. The van der Waals surface area contributed by atoms with E-state index in [1.807, 2.05) is 24.4 Å². The van der Waals surface area contributed by atoms with Crippen molar-refractivity contribution in [1.29, 1.82) is 0 Å². The molecule has 0 bridgehead atoms. The lowest BCUT2D eigenvalue weighted by atomic mass is 9.81. The molecule has 1 aromatic heterocycles. The van der Waals surface area contributed by atoms with E-state index in [0.29, 0.717) is 5.92 Å². The maximum absolute atomic E-state index is 7.69. The van der Waals surface area contributed by atoms with Crippen LogP contribution in [0.1, 0.15) is 29.9 Å². The highest BCUT2D eigenvalue weighted by Gasteiger charge is 2.46. The van der Waals surface area contributed by atoms with Crippen LogP contribution in [0.2, 0.25) is 0 Å². The van der Waals surface area contributed by atoms with Crippen LogP contribution in [0.3, 0.4) is 0 Å². The lowest BCUT2D eigenvalue weighted by molar-refractivity contribution is 0.769. The molecule has 5 heteroatoms. The van der Waals surface area contributed by atoms with Gasteiger partial charge in [0.1, 0.15) is 5.71 Å². The molecule has 0 spiro atoms. The van der Waals surface area contributed by atoms with Gasteiger partial charge in [-0.15, -0.1) is 0 Å². The third kappa shape index (κ3) is 2.02. The fourth-order valence-corrected chi connectivity index (χ4v) is 3.59. The second-order valence-electron chi connectivity index (χ2n) is 5.56. The zero-order valence-electron chi connectivity index (χ0n) is 11.3. The summed E-state index contributed by atoms with van der Waals surface area (Å²) in [5, 5.41) is 7.12. The van der Waals surface area contributed by atoms with E-state index in [0.717, 1.165) is 40.0 Å². The maximum atomic E-state index is 7.69. The average Bonchev–Trinajstić information content (AvgIpc) is 3.24. The van der Waals surface area contributed by atoms with Crippen LogP contribution in [0.5, 0.6) is 0 Å². The predicted octanol–water partition coefficient (Wildman–Crippen LogP) is 4.09. The summed E-state index contributed by atoms with van der Waals surface area (Å²) in [6.07, 6.45) is 4.11. The van der Waals surface area contributed by atoms with Gasteiger partial charge < -0.3 is 4.85 Å². The summed E-state index contributed by atoms with van der Waals surface area (Å²) in [6.45, 7) is 7.69. The smallest absolute Gasteiger partial charge is 0.272 e. The number of H-pyrrole nitrogens is 1. The first kappa shape index (κ1) is 12.8. The molecule has 1 aliphatic carbocycles. The summed E-state index contributed by atoms with van der Waals surface area (Å²) in [5.41, 5.74) is 3.18. The van der Waals surface area contributed by atoms with Crippen molar-refractivity contribution in [1.82, 2.24) is 10.2 Å². The average molecular weight is 341 g/mol. The van der Waals surface area contributed by atoms with Crippen LogP contribution in [-0.4, -0.2) is 22.0 Å². The predicted molar refractivity (Wildman–Crippen MR) is 84.8 cm³/mol. The van der Waals surface area contributed by atoms with Crippen LogP contribution in [-0.2, 0) is 0 Å². The summed E-state index contributed by atoms with van der Waals surface area (Å²) >= 11 is 3.63. The van der Waals surface area contributed by atoms with Crippen molar-refractivity contribution in [3.05, 3.63) is 57.5 Å². The normalized spacial score (nSPS) is 24.1. The van der Waals surface area contributed by atoms with Gasteiger partial charge in [0.05, 0.1) is 12.1 Å². The Kier molecular flexibility index (Phi) is 2.93. The molecule has 4 rings (SSSR count). The topological polar surface area (TPSA) is 45.4 Å². The van der Waals surface area contributed by atoms with Gasteiger partial charge in [-0.3, -0.25) is 5.10 Å². The molecule has 2 unspecified atom stereocenters. The number of hydrogen-bond donors (Lipinski definition) is 1. The fraction of sp³-hybridized carbons (Fsp3) is 0.312. The molecular weight excluding hydrogens is 328 g/mol. The summed E-state index contributed by atoms with van der Waals surface area (Å²) in [7, 11) is 0. The molecule has 0 amide bonds. The third-order valence-corrected chi connectivity index (χ3v) is 4.94. The molecular formula is C16H13BrN4. The first-order valence-corrected chi connectivity index (χ1v) is 7.81. The second kappa shape index (κ2) is 4.81. The van der Waals surface area contributed by atoms with Crippen LogP contribution in [0.4, 0.5) is 5.82 Å². The van der Waals surface area contributed by atoms with Crippen molar-refractivity contribution in [3.8, 4) is 0 Å². The van der Waals surface area contributed by atoms with Gasteiger partial charge in [-0.1, -0.05) is 34.1 Å². The van der Waals surface area contributed by atoms with Gasteiger partial charge in [-0.2, -0.15) is 5.10 Å². The molecule has 2 heterocycles. The molecule has 2 atom stereocenters. The van der Waals surface area contributed by atoms with E-state index in [1.54, 1.807) is 0 Å². The third-order valence-electron chi connectivity index (χ3n) is 4.22. The number of aromatic amines is 1. The lowest BCUT2D eigenvalue weighted by Gasteiger charge is -2.24. The van der Waals surface area contributed by atoms with Gasteiger partial charge in [-0.05, 0) is 24.5 Å². The molecule has 21 heavy (non-hydrogen) atoms. The van der Waals surface area contributed by atoms with E-state index in [4.69, 9.17) is 11.6 Å². The Balaban J connectivity index is 1.91. The summed E-state index contributed by atoms with van der Waals surface area (Å²) in [6, 6.07) is 7.90. The molecule has 1 aromatic carbocycles. The number of aromatic nitrogens is 2.